The number of thioether (sulfide) groups is 2. The van der Waals surface area contributed by atoms with Crippen molar-refractivity contribution in [2.45, 2.75) is 89.3 Å². The number of ether oxygens (including phenoxy) is 22. The Kier molecular flexibility index (Phi) is 58.9. The van der Waals surface area contributed by atoms with Crippen LogP contribution in [0, 0.1) is 0 Å². The van der Waals surface area contributed by atoms with E-state index in [0.29, 0.717) is 171 Å². The summed E-state index contributed by atoms with van der Waals surface area (Å²) in [5.41, 5.74) is 18.0. The van der Waals surface area contributed by atoms with E-state index in [4.69, 9.17) is 110 Å². The molecule has 0 saturated heterocycles. The number of ketones is 1. The predicted molar refractivity (Wildman–Crippen MR) is 418 cm³/mol. The van der Waals surface area contributed by atoms with Crippen molar-refractivity contribution in [3.63, 3.8) is 0 Å². The van der Waals surface area contributed by atoms with Gasteiger partial charge in [-0.05, 0) is 123 Å². The fourth-order valence-electron chi connectivity index (χ4n) is 11.5. The molecule has 27 nitrogen and oxygen atoms in total. The lowest BCUT2D eigenvalue weighted by Gasteiger charge is -2.31. The average molecular weight is 1580 g/mol. The molecule has 1 unspecified atom stereocenters. The number of aliphatic hydroxyl groups is 1. The number of carbonyl (C=O) groups excluding carboxylic acids is 1. The van der Waals surface area contributed by atoms with Gasteiger partial charge >= 0.3 is 0 Å². The van der Waals surface area contributed by atoms with Crippen molar-refractivity contribution >= 4 is 47.8 Å². The molecule has 30 heteroatoms. The van der Waals surface area contributed by atoms with Gasteiger partial charge < -0.3 is 109 Å². The number of nitrogens with zero attached hydrogens (tertiary/aromatic N) is 3. The zero-order valence-corrected chi connectivity index (χ0v) is 66.8. The van der Waals surface area contributed by atoms with E-state index in [-0.39, 0.29) is 74.5 Å². The van der Waals surface area contributed by atoms with Crippen molar-refractivity contribution in [2.75, 3.05) is 257 Å². The maximum absolute atomic E-state index is 12.8. The fraction of sp³-hybridized carbons (Fsp3) is 0.679. The van der Waals surface area contributed by atoms with Crippen LogP contribution in [0.1, 0.15) is 75.3 Å². The second-order valence-electron chi connectivity index (χ2n) is 24.8. The maximum Gasteiger partial charge on any atom is 0.152 e. The van der Waals surface area contributed by atoms with Gasteiger partial charge in [0.25, 0.3) is 0 Å². The molecule has 0 radical (unpaired) electrons. The summed E-state index contributed by atoms with van der Waals surface area (Å²) in [5, 5.41) is 16.5. The lowest BCUT2D eigenvalue weighted by molar-refractivity contribution is -0.231. The summed E-state index contributed by atoms with van der Waals surface area (Å²) in [6.07, 6.45) is 9.97. The van der Waals surface area contributed by atoms with Gasteiger partial charge in [0, 0.05) is 50.0 Å². The highest BCUT2D eigenvalue weighted by Crippen LogP contribution is 2.39. The van der Waals surface area contributed by atoms with Crippen LogP contribution in [0.4, 0.5) is 0 Å². The number of Topliss-reactive ketones (excluding diaryl/α,β-unsaturated/α-hetero) is 1. The van der Waals surface area contributed by atoms with Gasteiger partial charge in [0.1, 0.15) is 27.4 Å². The molecule has 1 atom stereocenters. The van der Waals surface area contributed by atoms with Crippen molar-refractivity contribution in [3.05, 3.63) is 106 Å². The van der Waals surface area contributed by atoms with Gasteiger partial charge in [0.15, 0.2) is 54.3 Å². The zero-order valence-electron chi connectivity index (χ0n) is 64.1. The Morgan fingerprint density at radius 2 is 0.704 bits per heavy atom. The topological polar surface area (TPSA) is 289 Å². The number of carbonyl (C=O) groups is 1. The van der Waals surface area contributed by atoms with Gasteiger partial charge in [-0.1, -0.05) is 109 Å². The number of aliphatic hydroxyl groups excluding tert-OH is 1. The van der Waals surface area contributed by atoms with E-state index in [0.717, 1.165) is 104 Å². The second kappa shape index (κ2) is 67.4. The first-order valence-corrected chi connectivity index (χ1v) is 42.5. The molecule has 0 spiro atoms. The molecule has 0 amide bonds. The monoisotopic (exact) mass is 1580 g/mol. The molecule has 4 aromatic carbocycles. The molecule has 1 N–H and O–H groups in total. The van der Waals surface area contributed by atoms with E-state index < -0.39 is 8.07 Å². The van der Waals surface area contributed by atoms with Gasteiger partial charge in [-0.25, -0.2) is 0 Å². The molecule has 0 aromatic heterocycles. The molecule has 5 rings (SSSR count). The lowest BCUT2D eigenvalue weighted by Crippen LogP contribution is -2.55. The second-order valence-corrected chi connectivity index (χ2v) is 31.5. The Balaban J connectivity index is 1.02. The number of methoxy groups -OCH3 is 2. The van der Waals surface area contributed by atoms with E-state index in [9.17, 15) is 9.90 Å². The minimum Gasteiger partial charge on any atom is -0.392 e. The number of azide groups is 1. The van der Waals surface area contributed by atoms with E-state index in [2.05, 4.69) is 82.8 Å². The van der Waals surface area contributed by atoms with Crippen LogP contribution in [0.15, 0.2) is 90.0 Å². The molecule has 1 heterocycles. The smallest absolute Gasteiger partial charge is 0.152 e. The summed E-state index contributed by atoms with van der Waals surface area (Å²) < 4.78 is 119. The van der Waals surface area contributed by atoms with E-state index in [1.54, 1.807) is 7.11 Å². The third-order valence-electron chi connectivity index (χ3n) is 16.8. The Morgan fingerprint density at radius 3 is 1.10 bits per heavy atom. The molecular weight excluding hydrogens is 1460 g/mol. The van der Waals surface area contributed by atoms with Gasteiger partial charge in [0.2, 0.25) is 0 Å². The number of unbranched alkanes of at least 4 members (excludes halogenated alkanes) is 4. The van der Waals surface area contributed by atoms with Crippen LogP contribution >= 0.6 is 23.5 Å². The van der Waals surface area contributed by atoms with Gasteiger partial charge in [0.05, 0.1) is 152 Å². The molecule has 610 valence electrons. The maximum atomic E-state index is 12.8. The summed E-state index contributed by atoms with van der Waals surface area (Å²) >= 11 is 3.85. The molecule has 4 aromatic rings. The Morgan fingerprint density at radius 1 is 0.361 bits per heavy atom. The van der Waals surface area contributed by atoms with Crippen molar-refractivity contribution < 1.29 is 114 Å². The predicted octanol–water partition coefficient (Wildman–Crippen LogP) is 11.0. The average Bonchev–Trinajstić information content (AvgIpc) is 1.56. The highest BCUT2D eigenvalue weighted by atomic mass is 32.2. The number of aryl methyl sites for hydroxylation is 1. The van der Waals surface area contributed by atoms with Crippen molar-refractivity contribution in [3.8, 4) is 33.4 Å². The minimum absolute atomic E-state index is 0.000623. The van der Waals surface area contributed by atoms with Crippen LogP contribution in [-0.2, 0) is 122 Å². The van der Waals surface area contributed by atoms with Gasteiger partial charge in [-0.15, -0.1) is 0 Å². The molecular formula is C78H123N3O24S2Si. The Labute approximate surface area is 650 Å². The van der Waals surface area contributed by atoms with Crippen molar-refractivity contribution in [1.29, 1.82) is 0 Å². The normalized spacial score (nSPS) is 13.2. The highest BCUT2D eigenvalue weighted by molar-refractivity contribution is 7.99. The first-order valence-electron chi connectivity index (χ1n) is 37.8. The summed E-state index contributed by atoms with van der Waals surface area (Å²) in [5.74, 6) is 4.07. The standard InChI is InChI=1S/C78H123N3O24S2Si/c1-84-27-28-86-29-30-87-31-32-88-33-34-89-35-36-90-37-38-91-39-40-92-41-42-93-43-44-94-45-46-95-47-51-106-49-9-53-108(54-10-50-107-52-48-96-59-98-61-100-63-102-65-104-67-105-66-103-64-101-62-99-60-97-58-85-2)77-55-72(22-24-75(77)76-25-23-73(56-78(76)108)71-20-16-69(57-82)17-21-71)70-18-14-68(15-19-70)11-8-13-74(83)12-6-4-3-5-7-26-80-81-79/h14-25,55-56,82H,3-13,26-54,57-67H2,1-2H3. The largest absolute Gasteiger partial charge is 0.392 e. The number of benzene rings is 4. The zero-order chi connectivity index (χ0) is 76.2. The van der Waals surface area contributed by atoms with Gasteiger partial charge in [-0.2, -0.15) is 23.5 Å². The summed E-state index contributed by atoms with van der Waals surface area (Å²) in [4.78, 5) is 15.6. The summed E-state index contributed by atoms with van der Waals surface area (Å²) in [6.45, 7) is 12.0. The highest BCUT2D eigenvalue weighted by Gasteiger charge is 2.45. The number of hydrogen-bond acceptors (Lipinski definition) is 27. The summed E-state index contributed by atoms with van der Waals surface area (Å²) in [7, 11) is 0.737. The van der Waals surface area contributed by atoms with Crippen LogP contribution in [0.2, 0.25) is 12.1 Å². The van der Waals surface area contributed by atoms with E-state index in [1.165, 1.54) is 50.9 Å². The third kappa shape index (κ3) is 44.9. The van der Waals surface area contributed by atoms with E-state index in [1.807, 2.05) is 35.7 Å². The van der Waals surface area contributed by atoms with Crippen molar-refractivity contribution in [1.82, 2.24) is 0 Å². The first kappa shape index (κ1) is 94.5. The quantitative estimate of drug-likeness (QED) is 0.0107. The molecule has 0 saturated carbocycles. The first-order chi connectivity index (χ1) is 53.5. The SMILES string of the molecule is COCCOCCOCCOCCOCCOCCOCCOCCOCCOCCOCCSCCC[Si]1(CCCSCCOCOCOCOCOCOCOCOCOCOCOC)c2cc(-c3ccc(CO)cc3)ccc2-c2ccc(-c3ccc(CCCC(=O)CCCCCCCN=[N+]=[N-])cc3)cc21. The Hall–Kier alpha value is -4.14. The number of hydrogen-bond donors (Lipinski definition) is 1. The molecule has 0 fully saturated rings. The van der Waals surface area contributed by atoms with Crippen LogP contribution in [0.5, 0.6) is 0 Å². The minimum atomic E-state index is -2.43. The van der Waals surface area contributed by atoms with E-state index >= 15 is 0 Å². The Bertz CT molecular complexity index is 2850. The van der Waals surface area contributed by atoms with Crippen LogP contribution in [0.25, 0.3) is 43.8 Å². The lowest BCUT2D eigenvalue weighted by atomic mass is 9.97. The van der Waals surface area contributed by atoms with Crippen LogP contribution in [-0.4, -0.2) is 276 Å². The number of fused-ring (bicyclic) bond motifs is 3. The summed E-state index contributed by atoms with van der Waals surface area (Å²) in [6, 6.07) is 33.8. The molecule has 1 aliphatic heterocycles. The molecule has 108 heavy (non-hydrogen) atoms. The van der Waals surface area contributed by atoms with Crippen molar-refractivity contribution in [2.24, 2.45) is 5.11 Å². The fourth-order valence-corrected chi connectivity index (χ4v) is 19.1. The molecule has 0 aliphatic carbocycles. The third-order valence-corrected chi connectivity index (χ3v) is 24.2. The van der Waals surface area contributed by atoms with Crippen LogP contribution < -0.4 is 10.4 Å². The van der Waals surface area contributed by atoms with Gasteiger partial charge in [-0.3, -0.25) is 4.79 Å². The van der Waals surface area contributed by atoms with Crippen LogP contribution in [0.3, 0.4) is 0 Å². The number of rotatable bonds is 79. The molecule has 1 aliphatic rings. The molecule has 0 bridgehead atoms.